The number of hydrogen-bond donors (Lipinski definition) is 0. The zero-order chi connectivity index (χ0) is 34.3. The summed E-state index contributed by atoms with van der Waals surface area (Å²) in [6.45, 7) is 0. The van der Waals surface area contributed by atoms with Crippen LogP contribution in [0, 0.1) is 0 Å². The molecule has 0 saturated carbocycles. The molecule has 0 N–H and O–H groups in total. The first-order valence-electron chi connectivity index (χ1n) is 17.6. The molecular formula is C46H29BN4O. The molecule has 1 aliphatic rings. The van der Waals surface area contributed by atoms with E-state index in [1.54, 1.807) is 0 Å². The summed E-state index contributed by atoms with van der Waals surface area (Å²) in [7, 11) is 2.15. The van der Waals surface area contributed by atoms with Gasteiger partial charge in [-0.05, 0) is 52.1 Å². The Bertz CT molecular complexity index is 3060. The summed E-state index contributed by atoms with van der Waals surface area (Å²) < 4.78 is 6.83. The number of para-hydroxylation sites is 3. The van der Waals surface area contributed by atoms with E-state index in [4.69, 9.17) is 14.4 Å². The highest BCUT2D eigenvalue weighted by Crippen LogP contribution is 2.58. The summed E-state index contributed by atoms with van der Waals surface area (Å²) in [5.74, 6) is 0.572. The van der Waals surface area contributed by atoms with E-state index in [0.717, 1.165) is 88.5 Å². The van der Waals surface area contributed by atoms with Crippen LogP contribution in [0.5, 0.6) is 0 Å². The Morgan fingerprint density at radius 1 is 0.500 bits per heavy atom. The summed E-state index contributed by atoms with van der Waals surface area (Å²) in [6, 6.07) is 57.5. The Hall–Kier alpha value is -6.92. The van der Waals surface area contributed by atoms with Gasteiger partial charge in [0.25, 0.3) is 5.95 Å². The number of furan rings is 1. The van der Waals surface area contributed by atoms with E-state index in [1.165, 1.54) is 10.8 Å². The molecule has 0 radical (unpaired) electrons. The van der Waals surface area contributed by atoms with Crippen LogP contribution in [0.4, 0.5) is 23.0 Å². The minimum atomic E-state index is 0.572. The molecule has 0 unspecified atom stereocenters. The maximum Gasteiger partial charge on any atom is 0.251 e. The third-order valence-corrected chi connectivity index (χ3v) is 10.5. The first-order chi connectivity index (χ1) is 25.7. The van der Waals surface area contributed by atoms with E-state index in [2.05, 4.69) is 176 Å². The zero-order valence-electron chi connectivity index (χ0n) is 28.3. The molecule has 11 rings (SSSR count). The Morgan fingerprint density at radius 2 is 1.17 bits per heavy atom. The number of anilines is 4. The van der Waals surface area contributed by atoms with Gasteiger partial charge in [0.2, 0.25) is 0 Å². The molecule has 0 aliphatic carbocycles. The maximum absolute atomic E-state index is 6.83. The van der Waals surface area contributed by atoms with E-state index in [-0.39, 0.29) is 0 Å². The molecule has 10 aromatic rings. The molecule has 0 fully saturated rings. The Balaban J connectivity index is 1.38. The molecule has 5 nitrogen and oxygen atoms in total. The van der Waals surface area contributed by atoms with Gasteiger partial charge in [-0.15, -0.1) is 0 Å². The second-order valence-electron chi connectivity index (χ2n) is 13.4. The minimum Gasteiger partial charge on any atom is -0.455 e. The highest BCUT2D eigenvalue weighted by molar-refractivity contribution is 6.36. The number of fused-ring (bicyclic) bond motifs is 13. The van der Waals surface area contributed by atoms with E-state index in [1.807, 2.05) is 6.07 Å². The van der Waals surface area contributed by atoms with Gasteiger partial charge in [0.15, 0.2) is 0 Å². The van der Waals surface area contributed by atoms with Gasteiger partial charge >= 0.3 is 0 Å². The summed E-state index contributed by atoms with van der Waals surface area (Å²) >= 11 is 0. The normalized spacial score (nSPS) is 12.6. The molecule has 52 heavy (non-hydrogen) atoms. The van der Waals surface area contributed by atoms with Gasteiger partial charge in [0.1, 0.15) is 19.0 Å². The largest absolute Gasteiger partial charge is 0.455 e. The predicted octanol–water partition coefficient (Wildman–Crippen LogP) is 10.6. The van der Waals surface area contributed by atoms with Crippen molar-refractivity contribution in [3.05, 3.63) is 164 Å². The lowest BCUT2D eigenvalue weighted by Crippen LogP contribution is -2.40. The zero-order valence-corrected chi connectivity index (χ0v) is 28.3. The van der Waals surface area contributed by atoms with Crippen LogP contribution in [0.15, 0.2) is 168 Å². The van der Waals surface area contributed by atoms with Crippen molar-refractivity contribution in [3.8, 4) is 22.4 Å². The molecule has 3 heterocycles. The summed E-state index contributed by atoms with van der Waals surface area (Å²) in [4.78, 5) is 11.0. The van der Waals surface area contributed by atoms with E-state index in [0.29, 0.717) is 5.95 Å². The van der Waals surface area contributed by atoms with E-state index in [9.17, 15) is 0 Å². The Kier molecular flexibility index (Phi) is 6.13. The van der Waals surface area contributed by atoms with Gasteiger partial charge in [-0.25, -0.2) is 20.0 Å². The second-order valence-corrected chi connectivity index (χ2v) is 13.4. The highest BCUT2D eigenvalue weighted by atomic mass is 16.3. The summed E-state index contributed by atoms with van der Waals surface area (Å²) in [5, 5.41) is 12.2. The van der Waals surface area contributed by atoms with Gasteiger partial charge in [0, 0.05) is 27.3 Å². The van der Waals surface area contributed by atoms with Gasteiger partial charge < -0.3 is 4.42 Å². The minimum absolute atomic E-state index is 0.572. The van der Waals surface area contributed by atoms with Crippen molar-refractivity contribution < 1.29 is 4.42 Å². The average Bonchev–Trinajstić information content (AvgIpc) is 3.60. The molecule has 1 aliphatic heterocycles. The Labute approximate surface area is 300 Å². The molecule has 242 valence electrons. The van der Waals surface area contributed by atoms with E-state index >= 15 is 0 Å². The van der Waals surface area contributed by atoms with Crippen molar-refractivity contribution in [2.75, 3.05) is 10.0 Å². The molecule has 0 amide bonds. The quantitative estimate of drug-likeness (QED) is 0.176. The van der Waals surface area contributed by atoms with E-state index < -0.39 is 0 Å². The fraction of sp³-hybridized carbons (Fsp3) is 0. The fourth-order valence-electron chi connectivity index (χ4n) is 8.21. The lowest BCUT2D eigenvalue weighted by Gasteiger charge is -2.43. The monoisotopic (exact) mass is 664 g/mol. The van der Waals surface area contributed by atoms with Gasteiger partial charge in [-0.1, -0.05) is 139 Å². The fourth-order valence-corrected chi connectivity index (χ4v) is 8.21. The van der Waals surface area contributed by atoms with Gasteiger partial charge in [-0.3, -0.25) is 0 Å². The van der Waals surface area contributed by atoms with Crippen LogP contribution in [-0.2, 0) is 0 Å². The first-order valence-corrected chi connectivity index (χ1v) is 17.6. The maximum atomic E-state index is 6.83. The third-order valence-electron chi connectivity index (χ3n) is 10.5. The lowest BCUT2D eigenvalue weighted by atomic mass is 9.87. The van der Waals surface area contributed by atoms with Crippen molar-refractivity contribution in [1.29, 1.82) is 0 Å². The van der Waals surface area contributed by atoms with Crippen molar-refractivity contribution >= 4 is 90.7 Å². The molecule has 0 spiro atoms. The van der Waals surface area contributed by atoms with Gasteiger partial charge in [-0.2, -0.15) is 0 Å². The molecule has 8 aromatic carbocycles. The van der Waals surface area contributed by atoms with Crippen molar-refractivity contribution in [3.63, 3.8) is 0 Å². The van der Waals surface area contributed by atoms with Crippen molar-refractivity contribution in [1.82, 2.24) is 9.97 Å². The summed E-state index contributed by atoms with van der Waals surface area (Å²) in [5.41, 5.74) is 11.0. The second kappa shape index (κ2) is 11.0. The van der Waals surface area contributed by atoms with Crippen molar-refractivity contribution in [2.24, 2.45) is 0 Å². The van der Waals surface area contributed by atoms with Crippen LogP contribution in [0.1, 0.15) is 0 Å². The van der Waals surface area contributed by atoms with Gasteiger partial charge in [0.05, 0.1) is 33.7 Å². The average molecular weight is 665 g/mol. The standard InChI is InChI=1S/C46H29BN4O/c47-36-23-11-8-20-33(36)43-34-21-9-12-24-37(34)48-46(49-43)51-44-41(31-18-6-7-19-32(31)45-42(44)35-22-10-13-25-39(35)52-45)40-30-17-5-4-14-28(30)26-27-38(40)50(51)29-15-2-1-3-16-29/h1-27H,47H2. The van der Waals surface area contributed by atoms with Crippen LogP contribution in [0.3, 0.4) is 0 Å². The smallest absolute Gasteiger partial charge is 0.251 e. The topological polar surface area (TPSA) is 45.4 Å². The molecule has 0 saturated heterocycles. The van der Waals surface area contributed by atoms with Crippen LogP contribution < -0.4 is 15.5 Å². The molecule has 0 bridgehead atoms. The Morgan fingerprint density at radius 3 is 2.02 bits per heavy atom. The van der Waals surface area contributed by atoms with Crippen LogP contribution in [-0.4, -0.2) is 17.8 Å². The number of hydrogen-bond acceptors (Lipinski definition) is 5. The molecule has 6 heteroatoms. The molecule has 2 aromatic heterocycles. The first kappa shape index (κ1) is 28.9. The number of nitrogens with zero attached hydrogens (tertiary/aromatic N) is 4. The lowest BCUT2D eigenvalue weighted by molar-refractivity contribution is 0.672. The number of benzene rings is 8. The molecular weight excluding hydrogens is 635 g/mol. The number of rotatable bonds is 3. The van der Waals surface area contributed by atoms with Crippen LogP contribution in [0.2, 0.25) is 0 Å². The SMILES string of the molecule is Bc1ccccc1-c1nc(N2c3c(c4ccccc4c4oc5ccccc5c34)-c3c(ccc4ccccc34)N2c2ccccc2)nc2ccccc12. The number of hydrazine groups is 1. The predicted molar refractivity (Wildman–Crippen MR) is 218 cm³/mol. The molecule has 0 atom stereocenters. The third kappa shape index (κ3) is 4.06. The highest BCUT2D eigenvalue weighted by Gasteiger charge is 2.38. The van der Waals surface area contributed by atoms with Crippen molar-refractivity contribution in [2.45, 2.75) is 0 Å². The van der Waals surface area contributed by atoms with Crippen LogP contribution in [0.25, 0.3) is 76.8 Å². The number of aromatic nitrogens is 2. The summed E-state index contributed by atoms with van der Waals surface area (Å²) in [6.07, 6.45) is 0. The van der Waals surface area contributed by atoms with Crippen LogP contribution >= 0.6 is 0 Å².